The summed E-state index contributed by atoms with van der Waals surface area (Å²) in [4.78, 5) is 4.23. The maximum absolute atomic E-state index is 12.0. The molecule has 1 aliphatic rings. The molecule has 4 nitrogen and oxygen atoms in total. The molecule has 0 atom stereocenters. The van der Waals surface area contributed by atoms with Crippen LogP contribution >= 0.6 is 0 Å². The van der Waals surface area contributed by atoms with Crippen molar-refractivity contribution in [1.82, 2.24) is 0 Å². The largest absolute Gasteiger partial charge is 0.573 e. The molecule has 0 amide bonds. The number of benzene rings is 1. The van der Waals surface area contributed by atoms with Crippen molar-refractivity contribution < 1.29 is 17.9 Å². The van der Waals surface area contributed by atoms with Crippen molar-refractivity contribution in [2.45, 2.75) is 31.7 Å². The third kappa shape index (κ3) is 4.35. The monoisotopic (exact) mass is 273 g/mol. The summed E-state index contributed by atoms with van der Waals surface area (Å²) in [6.07, 6.45) is -1.47. The summed E-state index contributed by atoms with van der Waals surface area (Å²) in [5.41, 5.74) is 6.25. The number of anilines is 1. The van der Waals surface area contributed by atoms with E-state index in [9.17, 15) is 13.2 Å². The first-order valence-electron chi connectivity index (χ1n) is 5.88. The molecule has 2 rings (SSSR count). The summed E-state index contributed by atoms with van der Waals surface area (Å²) in [6.45, 7) is 0. The van der Waals surface area contributed by atoms with Gasteiger partial charge in [-0.2, -0.15) is 0 Å². The predicted octanol–water partition coefficient (Wildman–Crippen LogP) is 2.86. The Kier molecular flexibility index (Phi) is 3.82. The number of hydrogen-bond acceptors (Lipinski definition) is 2. The van der Waals surface area contributed by atoms with Gasteiger partial charge in [-0.05, 0) is 43.5 Å². The van der Waals surface area contributed by atoms with Gasteiger partial charge in [0.05, 0.1) is 6.04 Å². The molecule has 104 valence electrons. The molecule has 1 aromatic carbocycles. The van der Waals surface area contributed by atoms with Gasteiger partial charge in [0.15, 0.2) is 5.96 Å². The summed E-state index contributed by atoms with van der Waals surface area (Å²) in [7, 11) is 0. The highest BCUT2D eigenvalue weighted by molar-refractivity contribution is 5.92. The summed E-state index contributed by atoms with van der Waals surface area (Å²) in [5.74, 6) is 0.00161. The van der Waals surface area contributed by atoms with Crippen molar-refractivity contribution in [3.8, 4) is 5.75 Å². The molecule has 0 unspecified atom stereocenters. The number of nitrogens with zero attached hydrogens (tertiary/aromatic N) is 1. The van der Waals surface area contributed by atoms with Crippen molar-refractivity contribution in [2.24, 2.45) is 10.7 Å². The molecule has 0 aromatic heterocycles. The molecule has 0 saturated heterocycles. The SMILES string of the molecule is NC(=NC1CCC1)Nc1ccc(OC(F)(F)F)cc1. The van der Waals surface area contributed by atoms with Gasteiger partial charge in [-0.3, -0.25) is 0 Å². The van der Waals surface area contributed by atoms with Crippen LogP contribution in [-0.4, -0.2) is 18.4 Å². The lowest BCUT2D eigenvalue weighted by Crippen LogP contribution is -2.27. The molecule has 1 saturated carbocycles. The number of rotatable bonds is 3. The van der Waals surface area contributed by atoms with Crippen molar-refractivity contribution in [3.05, 3.63) is 24.3 Å². The molecule has 0 radical (unpaired) electrons. The average molecular weight is 273 g/mol. The molecule has 7 heteroatoms. The van der Waals surface area contributed by atoms with Gasteiger partial charge in [0.2, 0.25) is 0 Å². The Hall–Kier alpha value is -1.92. The van der Waals surface area contributed by atoms with Crippen molar-refractivity contribution in [2.75, 3.05) is 5.32 Å². The fraction of sp³-hybridized carbons (Fsp3) is 0.417. The van der Waals surface area contributed by atoms with Crippen molar-refractivity contribution in [3.63, 3.8) is 0 Å². The number of hydrogen-bond donors (Lipinski definition) is 2. The topological polar surface area (TPSA) is 59.6 Å². The van der Waals surface area contributed by atoms with E-state index in [-0.39, 0.29) is 17.8 Å². The first kappa shape index (κ1) is 13.5. The minimum atomic E-state index is -4.68. The lowest BCUT2D eigenvalue weighted by molar-refractivity contribution is -0.274. The Labute approximate surface area is 108 Å². The van der Waals surface area contributed by atoms with E-state index >= 15 is 0 Å². The summed E-state index contributed by atoms with van der Waals surface area (Å²) >= 11 is 0. The van der Waals surface area contributed by atoms with Gasteiger partial charge in [-0.25, -0.2) is 4.99 Å². The number of alkyl halides is 3. The normalized spacial score (nSPS) is 16.9. The first-order valence-corrected chi connectivity index (χ1v) is 5.88. The van der Waals surface area contributed by atoms with E-state index < -0.39 is 6.36 Å². The Morgan fingerprint density at radius 2 is 1.89 bits per heavy atom. The van der Waals surface area contributed by atoms with E-state index in [4.69, 9.17) is 5.73 Å². The first-order chi connectivity index (χ1) is 8.92. The van der Waals surface area contributed by atoms with Gasteiger partial charge in [0.25, 0.3) is 0 Å². The molecular formula is C12H14F3N3O. The molecule has 0 heterocycles. The smallest absolute Gasteiger partial charge is 0.406 e. The predicted molar refractivity (Wildman–Crippen MR) is 66.0 cm³/mol. The minimum absolute atomic E-state index is 0.264. The molecule has 1 fully saturated rings. The standard InChI is InChI=1S/C12H14F3N3O/c13-12(14,15)19-10-6-4-9(5-7-10)18-11(16)17-8-2-1-3-8/h4-8H,1-3H2,(H3,16,17,18). The summed E-state index contributed by atoms with van der Waals surface area (Å²) < 4.78 is 39.7. The number of nitrogens with one attached hydrogen (secondary N) is 1. The van der Waals surface area contributed by atoms with E-state index in [2.05, 4.69) is 15.0 Å². The molecule has 0 bridgehead atoms. The highest BCUT2D eigenvalue weighted by Gasteiger charge is 2.30. The fourth-order valence-electron chi connectivity index (χ4n) is 1.63. The van der Waals surface area contributed by atoms with Gasteiger partial charge in [-0.1, -0.05) is 0 Å². The van der Waals surface area contributed by atoms with Gasteiger partial charge >= 0.3 is 6.36 Å². The zero-order valence-electron chi connectivity index (χ0n) is 10.1. The quantitative estimate of drug-likeness (QED) is 0.657. The van der Waals surface area contributed by atoms with Crippen LogP contribution < -0.4 is 15.8 Å². The second kappa shape index (κ2) is 5.38. The van der Waals surface area contributed by atoms with Crippen molar-refractivity contribution in [1.29, 1.82) is 0 Å². The highest BCUT2D eigenvalue weighted by Crippen LogP contribution is 2.24. The van der Waals surface area contributed by atoms with Crippen LogP contribution in [0.4, 0.5) is 18.9 Å². The van der Waals surface area contributed by atoms with Gasteiger partial charge in [-0.15, -0.1) is 13.2 Å². The van der Waals surface area contributed by atoms with Gasteiger partial charge < -0.3 is 15.8 Å². The maximum atomic E-state index is 12.0. The lowest BCUT2D eigenvalue weighted by Gasteiger charge is -2.21. The van der Waals surface area contributed by atoms with Crippen molar-refractivity contribution >= 4 is 11.6 Å². The van der Waals surface area contributed by atoms with Crippen LogP contribution in [-0.2, 0) is 0 Å². The van der Waals surface area contributed by atoms with Crippen LogP contribution in [0.25, 0.3) is 0 Å². The van der Waals surface area contributed by atoms with Gasteiger partial charge in [0, 0.05) is 5.69 Å². The fourth-order valence-corrected chi connectivity index (χ4v) is 1.63. The Morgan fingerprint density at radius 1 is 1.26 bits per heavy atom. The van der Waals surface area contributed by atoms with Gasteiger partial charge in [0.1, 0.15) is 5.75 Å². The van der Waals surface area contributed by atoms with Crippen LogP contribution in [0.2, 0.25) is 0 Å². The number of nitrogens with two attached hydrogens (primary N) is 1. The van der Waals surface area contributed by atoms with Crippen LogP contribution in [0.5, 0.6) is 5.75 Å². The number of guanidine groups is 1. The minimum Gasteiger partial charge on any atom is -0.406 e. The molecule has 0 aliphatic heterocycles. The van der Waals surface area contributed by atoms with E-state index in [1.807, 2.05) is 0 Å². The Morgan fingerprint density at radius 3 is 2.37 bits per heavy atom. The molecule has 1 aromatic rings. The van der Waals surface area contributed by atoms with E-state index in [0.717, 1.165) is 19.3 Å². The van der Waals surface area contributed by atoms with E-state index in [1.54, 1.807) is 0 Å². The van der Waals surface area contributed by atoms with Crippen LogP contribution in [0, 0.1) is 0 Å². The number of halogens is 3. The van der Waals surface area contributed by atoms with Crippen LogP contribution in [0.3, 0.4) is 0 Å². The summed E-state index contributed by atoms with van der Waals surface area (Å²) in [5, 5.41) is 2.82. The van der Waals surface area contributed by atoms with E-state index in [0.29, 0.717) is 5.69 Å². The number of ether oxygens (including phenoxy) is 1. The molecule has 3 N–H and O–H groups in total. The molecule has 1 aliphatic carbocycles. The van der Waals surface area contributed by atoms with Crippen LogP contribution in [0.1, 0.15) is 19.3 Å². The third-order valence-electron chi connectivity index (χ3n) is 2.76. The average Bonchev–Trinajstić information content (AvgIpc) is 2.24. The molecular weight excluding hydrogens is 259 g/mol. The summed E-state index contributed by atoms with van der Waals surface area (Å²) in [6, 6.07) is 5.59. The third-order valence-corrected chi connectivity index (χ3v) is 2.76. The zero-order chi connectivity index (χ0) is 13.9. The van der Waals surface area contributed by atoms with E-state index in [1.165, 1.54) is 24.3 Å². The highest BCUT2D eigenvalue weighted by atomic mass is 19.4. The second-order valence-electron chi connectivity index (χ2n) is 4.30. The maximum Gasteiger partial charge on any atom is 0.573 e. The zero-order valence-corrected chi connectivity index (χ0v) is 10.1. The molecule has 0 spiro atoms. The second-order valence-corrected chi connectivity index (χ2v) is 4.30. The number of aliphatic imine (C=N–C) groups is 1. The lowest BCUT2D eigenvalue weighted by atomic mass is 9.94. The Bertz CT molecular complexity index is 452. The molecule has 19 heavy (non-hydrogen) atoms. The Balaban J connectivity index is 1.92. The van der Waals surface area contributed by atoms with Crippen LogP contribution in [0.15, 0.2) is 29.3 Å².